The van der Waals surface area contributed by atoms with Crippen molar-refractivity contribution < 1.29 is 9.84 Å². The van der Waals surface area contributed by atoms with Crippen molar-refractivity contribution in [2.45, 2.75) is 51.2 Å². The molecule has 130 valence electrons. The molecule has 1 saturated heterocycles. The summed E-state index contributed by atoms with van der Waals surface area (Å²) in [5.74, 6) is 7.45. The molecular formula is C19H25ClN2O2. The van der Waals surface area contributed by atoms with Crippen molar-refractivity contribution in [3.8, 4) is 11.8 Å². The number of ether oxygens (including phenoxy) is 1. The molecule has 0 bridgehead atoms. The van der Waals surface area contributed by atoms with Gasteiger partial charge >= 0.3 is 0 Å². The van der Waals surface area contributed by atoms with E-state index in [0.717, 1.165) is 56.5 Å². The summed E-state index contributed by atoms with van der Waals surface area (Å²) in [6.07, 6.45) is 6.73. The Bertz CT molecular complexity index is 618. The molecule has 0 amide bonds. The van der Waals surface area contributed by atoms with E-state index in [-0.39, 0.29) is 18.1 Å². The van der Waals surface area contributed by atoms with E-state index in [2.05, 4.69) is 29.1 Å². The molecule has 2 fully saturated rings. The van der Waals surface area contributed by atoms with Crippen molar-refractivity contribution in [1.29, 1.82) is 0 Å². The van der Waals surface area contributed by atoms with Crippen LogP contribution in [0.5, 0.6) is 0 Å². The first-order valence-corrected chi connectivity index (χ1v) is 9.20. The minimum Gasteiger partial charge on any atom is -0.393 e. The molecule has 0 unspecified atom stereocenters. The number of rotatable bonds is 3. The number of pyridine rings is 1. The van der Waals surface area contributed by atoms with Gasteiger partial charge in [-0.05, 0) is 51.0 Å². The lowest BCUT2D eigenvalue weighted by Crippen LogP contribution is -2.23. The van der Waals surface area contributed by atoms with E-state index < -0.39 is 0 Å². The number of hydrogen-bond donors (Lipinski definition) is 2. The minimum atomic E-state index is -0.117. The smallest absolute Gasteiger partial charge is 0.131 e. The van der Waals surface area contributed by atoms with Crippen molar-refractivity contribution in [3.05, 3.63) is 23.0 Å². The van der Waals surface area contributed by atoms with Crippen LogP contribution in [0.1, 0.15) is 44.6 Å². The van der Waals surface area contributed by atoms with Gasteiger partial charge in [-0.2, -0.15) is 0 Å². The Labute approximate surface area is 149 Å². The van der Waals surface area contributed by atoms with Crippen LogP contribution in [-0.4, -0.2) is 35.5 Å². The van der Waals surface area contributed by atoms with Gasteiger partial charge in [0.15, 0.2) is 0 Å². The molecule has 2 atom stereocenters. The zero-order chi connectivity index (χ0) is 16.9. The predicted molar refractivity (Wildman–Crippen MR) is 96.1 cm³/mol. The average Bonchev–Trinajstić information content (AvgIpc) is 2.98. The fourth-order valence-corrected chi connectivity index (χ4v) is 3.53. The number of hydrogen-bond acceptors (Lipinski definition) is 4. The third-order valence-corrected chi connectivity index (χ3v) is 5.24. The van der Waals surface area contributed by atoms with Crippen LogP contribution >= 0.6 is 11.6 Å². The van der Waals surface area contributed by atoms with Crippen molar-refractivity contribution in [2.75, 3.05) is 18.5 Å². The third-order valence-electron chi connectivity index (χ3n) is 5.04. The van der Waals surface area contributed by atoms with Gasteiger partial charge in [-0.25, -0.2) is 4.98 Å². The minimum absolute atomic E-state index is 0.117. The molecule has 2 aliphatic rings. The molecule has 24 heavy (non-hydrogen) atoms. The summed E-state index contributed by atoms with van der Waals surface area (Å²) < 4.78 is 5.56. The monoisotopic (exact) mass is 348 g/mol. The fraction of sp³-hybridized carbons (Fsp3) is 0.632. The molecule has 2 heterocycles. The largest absolute Gasteiger partial charge is 0.393 e. The highest BCUT2D eigenvalue weighted by molar-refractivity contribution is 6.29. The lowest BCUT2D eigenvalue weighted by Gasteiger charge is -2.26. The van der Waals surface area contributed by atoms with Crippen molar-refractivity contribution in [2.24, 2.45) is 11.8 Å². The Kier molecular flexibility index (Phi) is 5.99. The Morgan fingerprint density at radius 2 is 2.12 bits per heavy atom. The van der Waals surface area contributed by atoms with Crippen molar-refractivity contribution in [1.82, 2.24) is 4.98 Å². The van der Waals surface area contributed by atoms with Crippen LogP contribution in [0.3, 0.4) is 0 Å². The summed E-state index contributed by atoms with van der Waals surface area (Å²) in [6, 6.07) is 1.85. The molecule has 2 N–H and O–H groups in total. The highest BCUT2D eigenvalue weighted by atomic mass is 35.5. The molecule has 0 spiro atoms. The normalized spacial score (nSPS) is 29.8. The van der Waals surface area contributed by atoms with Crippen molar-refractivity contribution in [3.63, 3.8) is 0 Å². The van der Waals surface area contributed by atoms with E-state index in [9.17, 15) is 5.11 Å². The Hall–Kier alpha value is -1.28. The van der Waals surface area contributed by atoms with E-state index >= 15 is 0 Å². The zero-order valence-corrected chi connectivity index (χ0v) is 14.9. The Morgan fingerprint density at radius 3 is 2.83 bits per heavy atom. The van der Waals surface area contributed by atoms with Crippen LogP contribution in [0, 0.1) is 23.7 Å². The number of nitrogens with zero attached hydrogens (tertiary/aromatic N) is 1. The van der Waals surface area contributed by atoms with Gasteiger partial charge in [0.2, 0.25) is 0 Å². The third kappa shape index (κ3) is 4.63. The summed E-state index contributed by atoms with van der Waals surface area (Å²) in [4.78, 5) is 4.17. The second-order valence-electron chi connectivity index (χ2n) is 6.85. The van der Waals surface area contributed by atoms with Gasteiger partial charge in [0.1, 0.15) is 5.15 Å². The second kappa shape index (κ2) is 8.20. The molecule has 1 aliphatic carbocycles. The van der Waals surface area contributed by atoms with Crippen LogP contribution in [0.4, 0.5) is 5.69 Å². The van der Waals surface area contributed by atoms with Gasteiger partial charge in [-0.15, -0.1) is 0 Å². The lowest BCUT2D eigenvalue weighted by atomic mass is 9.87. The topological polar surface area (TPSA) is 54.4 Å². The number of aliphatic hydroxyl groups excluding tert-OH is 1. The summed E-state index contributed by atoms with van der Waals surface area (Å²) in [5.41, 5.74) is 1.83. The molecule has 0 aromatic carbocycles. The van der Waals surface area contributed by atoms with Crippen molar-refractivity contribution >= 4 is 17.3 Å². The lowest BCUT2D eigenvalue weighted by molar-refractivity contribution is 0.111. The summed E-state index contributed by atoms with van der Waals surface area (Å²) >= 11 is 6.06. The SMILES string of the molecule is C[C@H]1OCC[C@@H]1C#Cc1cnc(Cl)cc1NCC1CCC(O)CC1. The first kappa shape index (κ1) is 17.5. The fourth-order valence-electron chi connectivity index (χ4n) is 3.37. The molecule has 1 aliphatic heterocycles. The van der Waals surface area contributed by atoms with E-state index in [1.807, 2.05) is 6.07 Å². The second-order valence-corrected chi connectivity index (χ2v) is 7.24. The first-order chi connectivity index (χ1) is 11.6. The predicted octanol–water partition coefficient (Wildman–Crippen LogP) is 3.47. The highest BCUT2D eigenvalue weighted by Crippen LogP contribution is 2.26. The van der Waals surface area contributed by atoms with E-state index in [4.69, 9.17) is 16.3 Å². The van der Waals surface area contributed by atoms with E-state index in [0.29, 0.717) is 11.1 Å². The van der Waals surface area contributed by atoms with E-state index in [1.165, 1.54) is 0 Å². The summed E-state index contributed by atoms with van der Waals surface area (Å²) in [5, 5.41) is 13.6. The maximum absolute atomic E-state index is 9.61. The van der Waals surface area contributed by atoms with Gasteiger partial charge in [0.25, 0.3) is 0 Å². The molecule has 0 radical (unpaired) electrons. The number of anilines is 1. The Balaban J connectivity index is 1.66. The van der Waals surface area contributed by atoms with Crippen LogP contribution in [0.2, 0.25) is 5.15 Å². The van der Waals surface area contributed by atoms with Gasteiger partial charge in [-0.1, -0.05) is 23.4 Å². The zero-order valence-electron chi connectivity index (χ0n) is 14.1. The van der Waals surface area contributed by atoms with Crippen LogP contribution in [0.15, 0.2) is 12.3 Å². The first-order valence-electron chi connectivity index (χ1n) is 8.82. The molecule has 5 heteroatoms. The van der Waals surface area contributed by atoms with Gasteiger partial charge in [0.05, 0.1) is 23.5 Å². The molecule has 1 aromatic heterocycles. The van der Waals surface area contributed by atoms with Crippen LogP contribution < -0.4 is 5.32 Å². The van der Waals surface area contributed by atoms with E-state index in [1.54, 1.807) is 6.20 Å². The molecular weight excluding hydrogens is 324 g/mol. The quantitative estimate of drug-likeness (QED) is 0.648. The van der Waals surface area contributed by atoms with Gasteiger partial charge in [-0.3, -0.25) is 0 Å². The molecule has 1 aromatic rings. The van der Waals surface area contributed by atoms with Gasteiger partial charge in [0, 0.05) is 25.3 Å². The number of nitrogens with one attached hydrogen (secondary N) is 1. The molecule has 4 nitrogen and oxygen atoms in total. The number of aromatic nitrogens is 1. The van der Waals surface area contributed by atoms with Gasteiger partial charge < -0.3 is 15.2 Å². The molecule has 1 saturated carbocycles. The number of halogens is 1. The average molecular weight is 349 g/mol. The summed E-state index contributed by atoms with van der Waals surface area (Å²) in [7, 11) is 0. The van der Waals surface area contributed by atoms with Crippen LogP contribution in [0.25, 0.3) is 0 Å². The number of aliphatic hydroxyl groups is 1. The Morgan fingerprint density at radius 1 is 1.33 bits per heavy atom. The summed E-state index contributed by atoms with van der Waals surface area (Å²) in [6.45, 7) is 3.74. The maximum atomic E-state index is 9.61. The molecule has 3 rings (SSSR count). The highest BCUT2D eigenvalue weighted by Gasteiger charge is 2.22. The van der Waals surface area contributed by atoms with Crippen LogP contribution in [-0.2, 0) is 4.74 Å². The standard InChI is InChI=1S/C19H25ClN2O2/c1-13-15(8-9-24-13)4-5-16-12-22-19(20)10-18(16)21-11-14-2-6-17(23)7-3-14/h10,12-15,17,23H,2-3,6-9,11H2,1H3,(H,21,22)/t13-,14?,15+,17?/m1/s1. The maximum Gasteiger partial charge on any atom is 0.131 e.